The Balaban J connectivity index is 2.79. The molecule has 1 aromatic heterocycles. The van der Waals surface area contributed by atoms with Crippen molar-refractivity contribution in [3.05, 3.63) is 29.7 Å². The van der Waals surface area contributed by atoms with E-state index in [4.69, 9.17) is 4.42 Å². The summed E-state index contributed by atoms with van der Waals surface area (Å²) in [5, 5.41) is 0. The maximum absolute atomic E-state index is 10.4. The second kappa shape index (κ2) is 3.76. The number of allylic oxidation sites excluding steroid dienone is 1. The molecule has 0 unspecified atom stereocenters. The summed E-state index contributed by atoms with van der Waals surface area (Å²) in [6.07, 6.45) is 4.92. The smallest absolute Gasteiger partial charge is 0.146 e. The molecule has 11 heavy (non-hydrogen) atoms. The van der Waals surface area contributed by atoms with Crippen LogP contribution in [-0.2, 0) is 4.79 Å². The van der Waals surface area contributed by atoms with Gasteiger partial charge >= 0.3 is 0 Å². The zero-order chi connectivity index (χ0) is 8.10. The number of hydrogen-bond acceptors (Lipinski definition) is 2. The molecule has 1 heterocycles. The average Bonchev–Trinajstić information content (AvgIpc) is 2.52. The summed E-state index contributed by atoms with van der Waals surface area (Å²) in [5.41, 5.74) is 0.750. The van der Waals surface area contributed by atoms with Crippen LogP contribution in [0.1, 0.15) is 19.1 Å². The summed E-state index contributed by atoms with van der Waals surface area (Å²) in [6.45, 7) is 1.93. The predicted octanol–water partition coefficient (Wildman–Crippen LogP) is 2.27. The summed E-state index contributed by atoms with van der Waals surface area (Å²) in [6, 6.07) is 3.61. The lowest BCUT2D eigenvalue weighted by molar-refractivity contribution is -0.104. The number of carbonyl (C=O) groups is 1. The van der Waals surface area contributed by atoms with Crippen molar-refractivity contribution in [2.45, 2.75) is 13.3 Å². The van der Waals surface area contributed by atoms with Crippen LogP contribution >= 0.6 is 0 Å². The molecule has 0 aliphatic carbocycles. The first kappa shape index (κ1) is 7.79. The zero-order valence-corrected chi connectivity index (χ0v) is 6.41. The second-order valence-corrected chi connectivity index (χ2v) is 2.21. The molecule has 1 rings (SSSR count). The van der Waals surface area contributed by atoms with Crippen LogP contribution in [0.2, 0.25) is 0 Å². The fourth-order valence-electron chi connectivity index (χ4n) is 0.776. The molecule has 2 nitrogen and oxygen atoms in total. The highest BCUT2D eigenvalue weighted by Gasteiger charge is 1.93. The third-order valence-corrected chi connectivity index (χ3v) is 1.43. The van der Waals surface area contributed by atoms with Gasteiger partial charge in [0.2, 0.25) is 0 Å². The lowest BCUT2D eigenvalue weighted by atomic mass is 10.2. The Morgan fingerprint density at radius 3 is 3.00 bits per heavy atom. The SMILES string of the molecule is CC/C(C=O)=C\c1ccco1. The van der Waals surface area contributed by atoms with Gasteiger partial charge < -0.3 is 4.42 Å². The molecule has 0 amide bonds. The topological polar surface area (TPSA) is 30.2 Å². The van der Waals surface area contributed by atoms with Crippen molar-refractivity contribution in [1.29, 1.82) is 0 Å². The third-order valence-electron chi connectivity index (χ3n) is 1.43. The number of aldehydes is 1. The number of furan rings is 1. The Morgan fingerprint density at radius 1 is 1.73 bits per heavy atom. The lowest BCUT2D eigenvalue weighted by Gasteiger charge is -1.89. The van der Waals surface area contributed by atoms with Crippen molar-refractivity contribution < 1.29 is 9.21 Å². The van der Waals surface area contributed by atoms with Gasteiger partial charge in [0.15, 0.2) is 0 Å². The van der Waals surface area contributed by atoms with Crippen molar-refractivity contribution in [1.82, 2.24) is 0 Å². The summed E-state index contributed by atoms with van der Waals surface area (Å²) < 4.78 is 5.03. The Bertz CT molecular complexity index is 245. The standard InChI is InChI=1S/C9H10O2/c1-2-8(7-10)6-9-4-3-5-11-9/h3-7H,2H2,1H3/b8-6+. The molecular weight excluding hydrogens is 140 g/mol. The van der Waals surface area contributed by atoms with Crippen molar-refractivity contribution in [3.63, 3.8) is 0 Å². The van der Waals surface area contributed by atoms with E-state index in [0.29, 0.717) is 0 Å². The van der Waals surface area contributed by atoms with E-state index in [1.807, 2.05) is 13.0 Å². The summed E-state index contributed by atoms with van der Waals surface area (Å²) in [4.78, 5) is 10.4. The molecule has 0 fully saturated rings. The monoisotopic (exact) mass is 150 g/mol. The molecule has 0 radical (unpaired) electrons. The highest BCUT2D eigenvalue weighted by molar-refractivity contribution is 5.80. The van der Waals surface area contributed by atoms with Gasteiger partial charge in [0.25, 0.3) is 0 Å². The van der Waals surface area contributed by atoms with Gasteiger partial charge in [0, 0.05) is 0 Å². The van der Waals surface area contributed by atoms with E-state index in [-0.39, 0.29) is 0 Å². The first-order valence-corrected chi connectivity index (χ1v) is 3.56. The van der Waals surface area contributed by atoms with Gasteiger partial charge in [-0.25, -0.2) is 0 Å². The van der Waals surface area contributed by atoms with Crippen LogP contribution in [0.3, 0.4) is 0 Å². The van der Waals surface area contributed by atoms with Gasteiger partial charge in [-0.2, -0.15) is 0 Å². The molecule has 1 aromatic rings. The van der Waals surface area contributed by atoms with E-state index in [9.17, 15) is 4.79 Å². The molecular formula is C9H10O2. The van der Waals surface area contributed by atoms with E-state index in [1.165, 1.54) is 0 Å². The highest BCUT2D eigenvalue weighted by Crippen LogP contribution is 2.07. The van der Waals surface area contributed by atoms with Gasteiger partial charge in [-0.05, 0) is 30.2 Å². The second-order valence-electron chi connectivity index (χ2n) is 2.21. The van der Waals surface area contributed by atoms with Gasteiger partial charge in [-0.15, -0.1) is 0 Å². The van der Waals surface area contributed by atoms with Gasteiger partial charge in [0.05, 0.1) is 6.26 Å². The fourth-order valence-corrected chi connectivity index (χ4v) is 0.776. The quantitative estimate of drug-likeness (QED) is 0.488. The lowest BCUT2D eigenvalue weighted by Crippen LogP contribution is -1.79. The number of rotatable bonds is 3. The van der Waals surface area contributed by atoms with Crippen LogP contribution in [0.25, 0.3) is 6.08 Å². The van der Waals surface area contributed by atoms with Crippen molar-refractivity contribution in [2.24, 2.45) is 0 Å². The summed E-state index contributed by atoms with van der Waals surface area (Å²) in [7, 11) is 0. The molecule has 0 saturated heterocycles. The zero-order valence-electron chi connectivity index (χ0n) is 6.41. The molecule has 0 atom stereocenters. The highest BCUT2D eigenvalue weighted by atomic mass is 16.3. The van der Waals surface area contributed by atoms with Crippen molar-refractivity contribution in [2.75, 3.05) is 0 Å². The number of carbonyl (C=O) groups excluding carboxylic acids is 1. The maximum Gasteiger partial charge on any atom is 0.146 e. The Morgan fingerprint density at radius 2 is 2.55 bits per heavy atom. The largest absolute Gasteiger partial charge is 0.465 e. The molecule has 2 heteroatoms. The minimum atomic E-state index is 0.731. The molecule has 0 aliphatic rings. The van der Waals surface area contributed by atoms with E-state index >= 15 is 0 Å². The molecule has 0 bridgehead atoms. The third kappa shape index (κ3) is 2.08. The van der Waals surface area contributed by atoms with E-state index in [1.54, 1.807) is 18.4 Å². The van der Waals surface area contributed by atoms with Gasteiger partial charge in [-0.1, -0.05) is 6.92 Å². The summed E-state index contributed by atoms with van der Waals surface area (Å²) >= 11 is 0. The van der Waals surface area contributed by atoms with Crippen LogP contribution in [0.4, 0.5) is 0 Å². The Kier molecular flexibility index (Phi) is 2.66. The van der Waals surface area contributed by atoms with Crippen molar-refractivity contribution >= 4 is 12.4 Å². The minimum absolute atomic E-state index is 0.731. The molecule has 58 valence electrons. The van der Waals surface area contributed by atoms with E-state index in [2.05, 4.69) is 0 Å². The van der Waals surface area contributed by atoms with E-state index < -0.39 is 0 Å². The predicted molar refractivity (Wildman–Crippen MR) is 43.0 cm³/mol. The minimum Gasteiger partial charge on any atom is -0.465 e. The van der Waals surface area contributed by atoms with Crippen LogP contribution in [0.5, 0.6) is 0 Å². The van der Waals surface area contributed by atoms with Gasteiger partial charge in [0.1, 0.15) is 12.0 Å². The maximum atomic E-state index is 10.4. The molecule has 0 N–H and O–H groups in total. The van der Waals surface area contributed by atoms with Crippen molar-refractivity contribution in [3.8, 4) is 0 Å². The molecule has 0 saturated carbocycles. The van der Waals surface area contributed by atoms with Crippen LogP contribution in [0, 0.1) is 0 Å². The molecule has 0 aliphatic heterocycles. The Labute approximate surface area is 65.5 Å². The van der Waals surface area contributed by atoms with Crippen LogP contribution < -0.4 is 0 Å². The summed E-state index contributed by atoms with van der Waals surface area (Å²) in [5.74, 6) is 0.731. The van der Waals surface area contributed by atoms with E-state index in [0.717, 1.165) is 24.0 Å². The van der Waals surface area contributed by atoms with Crippen LogP contribution in [-0.4, -0.2) is 6.29 Å². The molecule has 0 aromatic carbocycles. The fraction of sp³-hybridized carbons (Fsp3) is 0.222. The normalized spacial score (nSPS) is 11.5. The Hall–Kier alpha value is -1.31. The molecule has 0 spiro atoms. The van der Waals surface area contributed by atoms with Gasteiger partial charge in [-0.3, -0.25) is 4.79 Å². The first-order valence-electron chi connectivity index (χ1n) is 3.56. The first-order chi connectivity index (χ1) is 5.36. The average molecular weight is 150 g/mol. The number of hydrogen-bond donors (Lipinski definition) is 0. The van der Waals surface area contributed by atoms with Crippen LogP contribution in [0.15, 0.2) is 28.4 Å².